The quantitative estimate of drug-likeness (QED) is 0.553. The van der Waals surface area contributed by atoms with Crippen LogP contribution >= 0.6 is 0 Å². The molecule has 26 heavy (non-hydrogen) atoms. The minimum atomic E-state index is 0.537. The Morgan fingerprint density at radius 3 is 1.69 bits per heavy atom. The van der Waals surface area contributed by atoms with Gasteiger partial charge in [0.15, 0.2) is 0 Å². The standard InChI is InChI=1S/C21H25N.2C2H6/c1-4-16(2)17(3)20(18-11-7-5-8-12-18)15-21(22)19-13-9-6-10-14-19;2*1-2/h5-16H,4,22H2,1-3H3;2*1-2H3/b20-17+,21-15-;;. The molecule has 0 heterocycles. The average molecular weight is 352 g/mol. The van der Waals surface area contributed by atoms with Gasteiger partial charge in [0.1, 0.15) is 0 Å². The molecule has 0 amide bonds. The first kappa shape index (κ1) is 23.7. The van der Waals surface area contributed by atoms with Crippen molar-refractivity contribution in [2.75, 3.05) is 0 Å². The predicted octanol–water partition coefficient (Wildman–Crippen LogP) is 7.56. The van der Waals surface area contributed by atoms with Gasteiger partial charge in [-0.1, -0.05) is 108 Å². The monoisotopic (exact) mass is 351 g/mol. The Morgan fingerprint density at radius 2 is 1.27 bits per heavy atom. The van der Waals surface area contributed by atoms with Gasteiger partial charge in [-0.3, -0.25) is 0 Å². The Balaban J connectivity index is 0.00000146. The van der Waals surface area contributed by atoms with Gasteiger partial charge in [-0.15, -0.1) is 0 Å². The second-order valence-electron chi connectivity index (χ2n) is 5.74. The average Bonchev–Trinajstić information content (AvgIpc) is 2.74. The van der Waals surface area contributed by atoms with E-state index in [4.69, 9.17) is 5.73 Å². The van der Waals surface area contributed by atoms with E-state index in [0.717, 1.165) is 17.7 Å². The van der Waals surface area contributed by atoms with E-state index in [1.165, 1.54) is 16.7 Å². The van der Waals surface area contributed by atoms with Crippen molar-refractivity contribution >= 4 is 11.3 Å². The molecule has 142 valence electrons. The first-order chi connectivity index (χ1) is 12.6. The van der Waals surface area contributed by atoms with Gasteiger partial charge in [-0.2, -0.15) is 0 Å². The first-order valence-electron chi connectivity index (χ1n) is 9.92. The van der Waals surface area contributed by atoms with Crippen molar-refractivity contribution in [3.63, 3.8) is 0 Å². The Labute approximate surface area is 161 Å². The van der Waals surface area contributed by atoms with E-state index in [0.29, 0.717) is 5.92 Å². The smallest absolute Gasteiger partial charge is 0.0393 e. The number of allylic oxidation sites excluding steroid dienone is 3. The predicted molar refractivity (Wildman–Crippen MR) is 120 cm³/mol. The molecule has 0 radical (unpaired) electrons. The topological polar surface area (TPSA) is 26.0 Å². The fraction of sp³-hybridized carbons (Fsp3) is 0.360. The minimum absolute atomic E-state index is 0.537. The van der Waals surface area contributed by atoms with Crippen LogP contribution in [0.2, 0.25) is 0 Å². The molecular weight excluding hydrogens is 314 g/mol. The second-order valence-corrected chi connectivity index (χ2v) is 5.74. The van der Waals surface area contributed by atoms with E-state index in [2.05, 4.69) is 51.1 Å². The fourth-order valence-corrected chi connectivity index (χ4v) is 2.48. The largest absolute Gasteiger partial charge is 0.398 e. The zero-order chi connectivity index (χ0) is 19.9. The zero-order valence-corrected chi connectivity index (χ0v) is 17.7. The van der Waals surface area contributed by atoms with Crippen molar-refractivity contribution in [2.24, 2.45) is 11.7 Å². The van der Waals surface area contributed by atoms with Crippen LogP contribution in [0.15, 0.2) is 72.3 Å². The van der Waals surface area contributed by atoms with Gasteiger partial charge in [0, 0.05) is 5.70 Å². The maximum atomic E-state index is 6.34. The molecule has 1 atom stereocenters. The van der Waals surface area contributed by atoms with Crippen molar-refractivity contribution in [1.29, 1.82) is 0 Å². The van der Waals surface area contributed by atoms with Gasteiger partial charge in [0.2, 0.25) is 0 Å². The molecule has 2 N–H and O–H groups in total. The van der Waals surface area contributed by atoms with Crippen LogP contribution in [0.4, 0.5) is 0 Å². The van der Waals surface area contributed by atoms with E-state index in [1.807, 2.05) is 64.1 Å². The van der Waals surface area contributed by atoms with Crippen LogP contribution in [0.25, 0.3) is 11.3 Å². The molecule has 0 bridgehead atoms. The fourth-order valence-electron chi connectivity index (χ4n) is 2.48. The van der Waals surface area contributed by atoms with Crippen LogP contribution in [0.5, 0.6) is 0 Å². The molecule has 2 aromatic carbocycles. The molecule has 1 heteroatoms. The summed E-state index contributed by atoms with van der Waals surface area (Å²) < 4.78 is 0. The van der Waals surface area contributed by atoms with E-state index in [9.17, 15) is 0 Å². The summed E-state index contributed by atoms with van der Waals surface area (Å²) >= 11 is 0. The summed E-state index contributed by atoms with van der Waals surface area (Å²) in [6, 6.07) is 20.6. The molecule has 0 aliphatic rings. The lowest BCUT2D eigenvalue weighted by Crippen LogP contribution is -2.01. The number of benzene rings is 2. The van der Waals surface area contributed by atoms with Gasteiger partial charge in [0.05, 0.1) is 0 Å². The number of nitrogens with two attached hydrogens (primary N) is 1. The molecule has 0 aromatic heterocycles. The molecule has 0 aliphatic carbocycles. The van der Waals surface area contributed by atoms with Crippen molar-refractivity contribution in [1.82, 2.24) is 0 Å². The van der Waals surface area contributed by atoms with Gasteiger partial charge in [-0.25, -0.2) is 0 Å². The third-order valence-corrected chi connectivity index (χ3v) is 4.27. The summed E-state index contributed by atoms with van der Waals surface area (Å²) in [5, 5.41) is 0. The molecule has 2 rings (SSSR count). The lowest BCUT2D eigenvalue weighted by atomic mass is 9.90. The first-order valence-corrected chi connectivity index (χ1v) is 9.92. The number of rotatable bonds is 5. The molecule has 0 fully saturated rings. The minimum Gasteiger partial charge on any atom is -0.398 e. The van der Waals surface area contributed by atoms with Crippen molar-refractivity contribution in [3.05, 3.63) is 83.4 Å². The van der Waals surface area contributed by atoms with Crippen LogP contribution in [-0.2, 0) is 0 Å². The Bertz CT molecular complexity index is 651. The third-order valence-electron chi connectivity index (χ3n) is 4.27. The number of hydrogen-bond donors (Lipinski definition) is 1. The summed E-state index contributed by atoms with van der Waals surface area (Å²) in [6.45, 7) is 14.7. The van der Waals surface area contributed by atoms with E-state index in [1.54, 1.807) is 0 Å². The zero-order valence-electron chi connectivity index (χ0n) is 17.7. The van der Waals surface area contributed by atoms with Gasteiger partial charge >= 0.3 is 0 Å². The van der Waals surface area contributed by atoms with Gasteiger partial charge in [0.25, 0.3) is 0 Å². The van der Waals surface area contributed by atoms with E-state index < -0.39 is 0 Å². The van der Waals surface area contributed by atoms with Crippen LogP contribution in [-0.4, -0.2) is 0 Å². The summed E-state index contributed by atoms with van der Waals surface area (Å²) in [4.78, 5) is 0. The summed E-state index contributed by atoms with van der Waals surface area (Å²) in [7, 11) is 0. The Kier molecular flexibility index (Phi) is 12.7. The Morgan fingerprint density at radius 1 is 0.846 bits per heavy atom. The molecule has 0 aliphatic heterocycles. The molecule has 2 aromatic rings. The van der Waals surface area contributed by atoms with Crippen molar-refractivity contribution in [3.8, 4) is 0 Å². The maximum absolute atomic E-state index is 6.34. The molecule has 1 nitrogen and oxygen atoms in total. The highest BCUT2D eigenvalue weighted by atomic mass is 14.6. The normalized spacial score (nSPS) is 12.7. The highest BCUT2D eigenvalue weighted by Gasteiger charge is 2.10. The second kappa shape index (κ2) is 13.9. The van der Waals surface area contributed by atoms with E-state index in [-0.39, 0.29) is 0 Å². The van der Waals surface area contributed by atoms with Crippen LogP contribution < -0.4 is 5.73 Å². The van der Waals surface area contributed by atoms with Crippen LogP contribution in [0, 0.1) is 5.92 Å². The summed E-state index contributed by atoms with van der Waals surface area (Å²) in [6.07, 6.45) is 3.24. The van der Waals surface area contributed by atoms with Crippen molar-refractivity contribution < 1.29 is 0 Å². The lowest BCUT2D eigenvalue weighted by Gasteiger charge is -2.16. The van der Waals surface area contributed by atoms with Gasteiger partial charge < -0.3 is 5.73 Å². The van der Waals surface area contributed by atoms with Crippen LogP contribution in [0.1, 0.15) is 66.0 Å². The summed E-state index contributed by atoms with van der Waals surface area (Å²) in [5.74, 6) is 0.537. The molecule has 0 saturated heterocycles. The Hall–Kier alpha value is -2.28. The van der Waals surface area contributed by atoms with Crippen LogP contribution in [0.3, 0.4) is 0 Å². The van der Waals surface area contributed by atoms with E-state index >= 15 is 0 Å². The number of hydrogen-bond acceptors (Lipinski definition) is 1. The summed E-state index contributed by atoms with van der Waals surface area (Å²) in [5.41, 5.74) is 12.0. The third kappa shape index (κ3) is 7.31. The molecule has 1 unspecified atom stereocenters. The van der Waals surface area contributed by atoms with Gasteiger partial charge in [-0.05, 0) is 42.0 Å². The highest BCUT2D eigenvalue weighted by Crippen LogP contribution is 2.28. The maximum Gasteiger partial charge on any atom is 0.0393 e. The highest BCUT2D eigenvalue weighted by molar-refractivity contribution is 5.84. The van der Waals surface area contributed by atoms with Crippen molar-refractivity contribution in [2.45, 2.75) is 54.9 Å². The lowest BCUT2D eigenvalue weighted by molar-refractivity contribution is 0.658. The SMILES string of the molecule is CC.CC.CCC(C)/C(C)=C(\C=C(/N)c1ccccc1)c1ccccc1. The molecule has 0 spiro atoms. The molecular formula is C25H37N. The molecule has 0 saturated carbocycles.